The van der Waals surface area contributed by atoms with Gasteiger partial charge in [-0.3, -0.25) is 4.79 Å². The second-order valence-electron chi connectivity index (χ2n) is 6.50. The fraction of sp³-hybridized carbons (Fsp3) is 0.500. The molecule has 0 fully saturated rings. The maximum atomic E-state index is 14.2. The Balaban J connectivity index is 2.16. The minimum Gasteiger partial charge on any atom is -0.383 e. The van der Waals surface area contributed by atoms with Gasteiger partial charge in [0, 0.05) is 19.7 Å². The number of aromatic nitrogens is 3. The van der Waals surface area contributed by atoms with Crippen LogP contribution in [0.1, 0.15) is 20.8 Å². The molecular formula is C18H25FN4O2S. The summed E-state index contributed by atoms with van der Waals surface area (Å²) < 4.78 is 21.1. The third-order valence-electron chi connectivity index (χ3n) is 3.54. The fourth-order valence-corrected chi connectivity index (χ4v) is 3.26. The van der Waals surface area contributed by atoms with Gasteiger partial charge < -0.3 is 14.6 Å². The predicted molar refractivity (Wildman–Crippen MR) is 100 cm³/mol. The van der Waals surface area contributed by atoms with E-state index in [0.29, 0.717) is 35.6 Å². The van der Waals surface area contributed by atoms with E-state index in [-0.39, 0.29) is 23.5 Å². The summed E-state index contributed by atoms with van der Waals surface area (Å²) >= 11 is 1.29. The SMILES string of the molecule is COCC(C)NC(=O)CSc1nnc(-c2ccccc2F)n1CC(C)C. The first-order valence-corrected chi connectivity index (χ1v) is 9.50. The molecular weight excluding hydrogens is 355 g/mol. The van der Waals surface area contributed by atoms with Crippen molar-refractivity contribution < 1.29 is 13.9 Å². The Hall–Kier alpha value is -1.93. The van der Waals surface area contributed by atoms with Crippen LogP contribution in [0.15, 0.2) is 29.4 Å². The van der Waals surface area contributed by atoms with Crippen molar-refractivity contribution in [3.63, 3.8) is 0 Å². The van der Waals surface area contributed by atoms with Gasteiger partial charge in [-0.15, -0.1) is 10.2 Å². The normalized spacial score (nSPS) is 12.4. The average molecular weight is 380 g/mol. The second kappa shape index (κ2) is 9.68. The van der Waals surface area contributed by atoms with Crippen LogP contribution in [0.4, 0.5) is 4.39 Å². The molecule has 0 aliphatic rings. The van der Waals surface area contributed by atoms with Gasteiger partial charge in [0.1, 0.15) is 5.82 Å². The number of methoxy groups -OCH3 is 1. The van der Waals surface area contributed by atoms with Gasteiger partial charge >= 0.3 is 0 Å². The Morgan fingerprint density at radius 3 is 2.69 bits per heavy atom. The van der Waals surface area contributed by atoms with Crippen molar-refractivity contribution in [2.75, 3.05) is 19.5 Å². The number of rotatable bonds is 9. The number of halogens is 1. The molecule has 26 heavy (non-hydrogen) atoms. The Labute approximate surface area is 157 Å². The smallest absolute Gasteiger partial charge is 0.230 e. The Morgan fingerprint density at radius 2 is 2.04 bits per heavy atom. The van der Waals surface area contributed by atoms with E-state index in [1.54, 1.807) is 25.3 Å². The van der Waals surface area contributed by atoms with Crippen LogP contribution in [0.2, 0.25) is 0 Å². The highest BCUT2D eigenvalue weighted by Crippen LogP contribution is 2.26. The molecule has 0 spiro atoms. The van der Waals surface area contributed by atoms with Gasteiger partial charge in [0.2, 0.25) is 5.91 Å². The topological polar surface area (TPSA) is 69.0 Å². The standard InChI is InChI=1S/C18H25FN4O2S/c1-12(2)9-23-17(14-7-5-6-8-15(14)19)21-22-18(23)26-11-16(24)20-13(3)10-25-4/h5-8,12-13H,9-11H2,1-4H3,(H,20,24). The van der Waals surface area contributed by atoms with Crippen molar-refractivity contribution in [2.45, 2.75) is 38.5 Å². The molecule has 1 aromatic carbocycles. The Bertz CT molecular complexity index is 736. The van der Waals surface area contributed by atoms with E-state index in [1.165, 1.54) is 17.8 Å². The van der Waals surface area contributed by atoms with Gasteiger partial charge in [0.25, 0.3) is 0 Å². The summed E-state index contributed by atoms with van der Waals surface area (Å²) in [4.78, 5) is 12.1. The molecule has 1 aromatic heterocycles. The third kappa shape index (κ3) is 5.54. The van der Waals surface area contributed by atoms with Crippen molar-refractivity contribution in [3.8, 4) is 11.4 Å². The second-order valence-corrected chi connectivity index (χ2v) is 7.45. The first-order valence-electron chi connectivity index (χ1n) is 8.51. The highest BCUT2D eigenvalue weighted by Gasteiger charge is 2.19. The summed E-state index contributed by atoms with van der Waals surface area (Å²) in [6.45, 7) is 7.11. The monoisotopic (exact) mass is 380 g/mol. The molecule has 142 valence electrons. The van der Waals surface area contributed by atoms with Crippen LogP contribution in [0.5, 0.6) is 0 Å². The molecule has 0 aliphatic heterocycles. The first kappa shape index (κ1) is 20.4. The van der Waals surface area contributed by atoms with Gasteiger partial charge in [-0.2, -0.15) is 0 Å². The minimum atomic E-state index is -0.340. The number of hydrogen-bond donors (Lipinski definition) is 1. The van der Waals surface area contributed by atoms with Gasteiger partial charge in [-0.05, 0) is 25.0 Å². The quantitative estimate of drug-likeness (QED) is 0.678. The highest BCUT2D eigenvalue weighted by atomic mass is 32.2. The molecule has 0 saturated carbocycles. The Morgan fingerprint density at radius 1 is 1.31 bits per heavy atom. The highest BCUT2D eigenvalue weighted by molar-refractivity contribution is 7.99. The predicted octanol–water partition coefficient (Wildman–Crippen LogP) is 2.98. The summed E-state index contributed by atoms with van der Waals surface area (Å²) in [6, 6.07) is 6.44. The summed E-state index contributed by atoms with van der Waals surface area (Å²) in [5.74, 6) is 0.569. The van der Waals surface area contributed by atoms with Crippen LogP contribution >= 0.6 is 11.8 Å². The van der Waals surface area contributed by atoms with Crippen LogP contribution in [0.25, 0.3) is 11.4 Å². The van der Waals surface area contributed by atoms with E-state index in [9.17, 15) is 9.18 Å². The van der Waals surface area contributed by atoms with Gasteiger partial charge in [0.05, 0.1) is 17.9 Å². The zero-order chi connectivity index (χ0) is 19.1. The number of thioether (sulfide) groups is 1. The van der Waals surface area contributed by atoms with Crippen molar-refractivity contribution in [2.24, 2.45) is 5.92 Å². The number of amides is 1. The summed E-state index contributed by atoms with van der Waals surface area (Å²) in [6.07, 6.45) is 0. The lowest BCUT2D eigenvalue weighted by atomic mass is 10.2. The summed E-state index contributed by atoms with van der Waals surface area (Å²) in [7, 11) is 1.59. The molecule has 0 saturated heterocycles. The number of nitrogens with zero attached hydrogens (tertiary/aromatic N) is 3. The summed E-state index contributed by atoms with van der Waals surface area (Å²) in [5, 5.41) is 11.8. The van der Waals surface area contributed by atoms with E-state index >= 15 is 0 Å². The lowest BCUT2D eigenvalue weighted by Crippen LogP contribution is -2.36. The molecule has 1 amide bonds. The molecule has 2 rings (SSSR count). The van der Waals surface area contributed by atoms with Crippen molar-refractivity contribution in [3.05, 3.63) is 30.1 Å². The van der Waals surface area contributed by atoms with E-state index < -0.39 is 0 Å². The van der Waals surface area contributed by atoms with Crippen LogP contribution in [0, 0.1) is 11.7 Å². The van der Waals surface area contributed by atoms with E-state index in [4.69, 9.17) is 4.74 Å². The third-order valence-corrected chi connectivity index (χ3v) is 4.50. The minimum absolute atomic E-state index is 0.0596. The van der Waals surface area contributed by atoms with Gasteiger partial charge in [-0.1, -0.05) is 37.7 Å². The number of carbonyl (C=O) groups is 1. The molecule has 1 atom stereocenters. The zero-order valence-electron chi connectivity index (χ0n) is 15.5. The van der Waals surface area contributed by atoms with E-state index in [2.05, 4.69) is 29.4 Å². The van der Waals surface area contributed by atoms with Crippen LogP contribution < -0.4 is 5.32 Å². The summed E-state index contributed by atoms with van der Waals surface area (Å²) in [5.41, 5.74) is 0.408. The molecule has 0 aliphatic carbocycles. The largest absolute Gasteiger partial charge is 0.383 e. The molecule has 0 radical (unpaired) electrons. The van der Waals surface area contributed by atoms with Crippen LogP contribution in [0.3, 0.4) is 0 Å². The number of benzene rings is 1. The number of carbonyl (C=O) groups excluding carboxylic acids is 1. The fourth-order valence-electron chi connectivity index (χ4n) is 2.51. The van der Waals surface area contributed by atoms with E-state index in [0.717, 1.165) is 0 Å². The molecule has 2 aromatic rings. The molecule has 8 heteroatoms. The van der Waals surface area contributed by atoms with Crippen LogP contribution in [-0.4, -0.2) is 46.2 Å². The molecule has 0 bridgehead atoms. The lowest BCUT2D eigenvalue weighted by Gasteiger charge is -2.14. The molecule has 1 unspecified atom stereocenters. The Kier molecular flexibility index (Phi) is 7.59. The van der Waals surface area contributed by atoms with Gasteiger partial charge in [-0.25, -0.2) is 4.39 Å². The van der Waals surface area contributed by atoms with Crippen molar-refractivity contribution in [1.29, 1.82) is 0 Å². The number of nitrogens with one attached hydrogen (secondary N) is 1. The maximum Gasteiger partial charge on any atom is 0.230 e. The molecule has 6 nitrogen and oxygen atoms in total. The molecule has 1 N–H and O–H groups in total. The van der Waals surface area contributed by atoms with E-state index in [1.807, 2.05) is 11.5 Å². The number of ether oxygens (including phenoxy) is 1. The zero-order valence-corrected chi connectivity index (χ0v) is 16.3. The van der Waals surface area contributed by atoms with Crippen LogP contribution in [-0.2, 0) is 16.1 Å². The first-order chi connectivity index (χ1) is 12.4. The maximum absolute atomic E-state index is 14.2. The lowest BCUT2D eigenvalue weighted by molar-refractivity contribution is -0.119. The van der Waals surface area contributed by atoms with Gasteiger partial charge in [0.15, 0.2) is 11.0 Å². The van der Waals surface area contributed by atoms with Crippen molar-refractivity contribution >= 4 is 17.7 Å². The average Bonchev–Trinajstić information content (AvgIpc) is 2.95. The van der Waals surface area contributed by atoms with Crippen molar-refractivity contribution in [1.82, 2.24) is 20.1 Å². The number of hydrogen-bond acceptors (Lipinski definition) is 5. The molecule has 1 heterocycles.